The summed E-state index contributed by atoms with van der Waals surface area (Å²) < 4.78 is 0. The quantitative estimate of drug-likeness (QED) is 0.507. The minimum atomic E-state index is 1.22. The molecule has 0 saturated carbocycles. The summed E-state index contributed by atoms with van der Waals surface area (Å²) in [6.07, 6.45) is 6.30. The van der Waals surface area contributed by atoms with Crippen molar-refractivity contribution in [1.82, 2.24) is 0 Å². The van der Waals surface area contributed by atoms with Crippen LogP contribution in [0.3, 0.4) is 0 Å². The van der Waals surface area contributed by atoms with Crippen molar-refractivity contribution < 1.29 is 0 Å². The van der Waals surface area contributed by atoms with Crippen molar-refractivity contribution >= 4 is 11.8 Å². The fourth-order valence-corrected chi connectivity index (χ4v) is 2.14. The average Bonchev–Trinajstić information content (AvgIpc) is 1.91. The third-order valence-electron chi connectivity index (χ3n) is 1.63. The molecule has 0 bridgehead atoms. The number of hydrogen-bond donors (Lipinski definition) is 0. The van der Waals surface area contributed by atoms with E-state index in [1.54, 1.807) is 5.57 Å². The summed E-state index contributed by atoms with van der Waals surface area (Å²) in [4.78, 5) is 0. The molecule has 1 heterocycles. The Morgan fingerprint density at radius 1 is 1.44 bits per heavy atom. The van der Waals surface area contributed by atoms with Gasteiger partial charge in [-0.2, -0.15) is 11.8 Å². The first kappa shape index (κ1) is 7.20. The van der Waals surface area contributed by atoms with Crippen LogP contribution in [-0.4, -0.2) is 11.5 Å². The largest absolute Gasteiger partial charge is 0.161 e. The molecule has 0 amide bonds. The molecule has 9 heavy (non-hydrogen) atoms. The molecule has 0 aromatic carbocycles. The average molecular weight is 142 g/mol. The van der Waals surface area contributed by atoms with Gasteiger partial charge in [-0.3, -0.25) is 0 Å². The van der Waals surface area contributed by atoms with Crippen molar-refractivity contribution in [1.29, 1.82) is 0 Å². The molecule has 0 unspecified atom stereocenters. The normalized spacial score (nSPS) is 19.9. The van der Waals surface area contributed by atoms with Crippen LogP contribution in [-0.2, 0) is 0 Å². The molecule has 0 N–H and O–H groups in total. The second-order valence-electron chi connectivity index (χ2n) is 2.38. The summed E-state index contributed by atoms with van der Waals surface area (Å²) in [5, 5.41) is 0. The van der Waals surface area contributed by atoms with Crippen LogP contribution in [0.2, 0.25) is 0 Å². The zero-order chi connectivity index (χ0) is 6.53. The molecule has 0 spiro atoms. The highest BCUT2D eigenvalue weighted by Gasteiger charge is 2.03. The molecule has 1 fully saturated rings. The van der Waals surface area contributed by atoms with E-state index in [0.717, 1.165) is 0 Å². The Hall–Kier alpha value is 0.0900. The Morgan fingerprint density at radius 3 is 2.67 bits per heavy atom. The van der Waals surface area contributed by atoms with E-state index in [9.17, 15) is 0 Å². The molecule has 1 heteroatoms. The van der Waals surface area contributed by atoms with Crippen molar-refractivity contribution in [2.45, 2.75) is 26.2 Å². The molecule has 1 aliphatic heterocycles. The van der Waals surface area contributed by atoms with Crippen LogP contribution in [0, 0.1) is 0 Å². The number of hydrogen-bond acceptors (Lipinski definition) is 1. The predicted octanol–water partition coefficient (Wildman–Crippen LogP) is 2.85. The number of thioether (sulfide) groups is 1. The first-order valence-electron chi connectivity index (χ1n) is 3.69. The standard InChI is InChI=1S/C8H14S/c1-2-3-8-4-6-9-7-5-8/h3H,2,4-7H2,1H3. The van der Waals surface area contributed by atoms with Crippen molar-refractivity contribution in [2.75, 3.05) is 11.5 Å². The fraction of sp³-hybridized carbons (Fsp3) is 0.750. The molecule has 0 aromatic rings. The van der Waals surface area contributed by atoms with Crippen molar-refractivity contribution in [3.63, 3.8) is 0 Å². The smallest absolute Gasteiger partial charge is 0.00301 e. The lowest BCUT2D eigenvalue weighted by atomic mass is 10.1. The van der Waals surface area contributed by atoms with E-state index >= 15 is 0 Å². The molecule has 1 saturated heterocycles. The van der Waals surface area contributed by atoms with Gasteiger partial charge < -0.3 is 0 Å². The van der Waals surface area contributed by atoms with Crippen LogP contribution in [0.5, 0.6) is 0 Å². The molecule has 0 atom stereocenters. The molecule has 0 aliphatic carbocycles. The zero-order valence-corrected chi connectivity index (χ0v) is 6.84. The summed E-state index contributed by atoms with van der Waals surface area (Å²) in [6.45, 7) is 2.22. The van der Waals surface area contributed by atoms with E-state index in [1.807, 2.05) is 0 Å². The summed E-state index contributed by atoms with van der Waals surface area (Å²) in [5.74, 6) is 2.71. The maximum absolute atomic E-state index is 2.39. The van der Waals surface area contributed by atoms with Gasteiger partial charge in [0, 0.05) is 0 Å². The third-order valence-corrected chi connectivity index (χ3v) is 2.61. The Morgan fingerprint density at radius 2 is 2.11 bits per heavy atom. The Balaban J connectivity index is 2.30. The van der Waals surface area contributed by atoms with Crippen LogP contribution >= 0.6 is 11.8 Å². The van der Waals surface area contributed by atoms with Crippen LogP contribution < -0.4 is 0 Å². The molecular weight excluding hydrogens is 128 g/mol. The SMILES string of the molecule is CCC=C1CCSCC1. The van der Waals surface area contributed by atoms with Gasteiger partial charge in [0.15, 0.2) is 0 Å². The highest BCUT2D eigenvalue weighted by atomic mass is 32.2. The molecule has 0 nitrogen and oxygen atoms in total. The monoisotopic (exact) mass is 142 g/mol. The molecule has 52 valence electrons. The van der Waals surface area contributed by atoms with E-state index in [1.165, 1.54) is 30.8 Å². The molecule has 0 aromatic heterocycles. The van der Waals surface area contributed by atoms with Gasteiger partial charge in [-0.15, -0.1) is 0 Å². The van der Waals surface area contributed by atoms with Gasteiger partial charge in [-0.25, -0.2) is 0 Å². The third kappa shape index (κ3) is 2.44. The van der Waals surface area contributed by atoms with E-state index < -0.39 is 0 Å². The second-order valence-corrected chi connectivity index (χ2v) is 3.61. The minimum absolute atomic E-state index is 1.22. The molecular formula is C8H14S. The Labute approximate surface area is 61.7 Å². The predicted molar refractivity (Wildman–Crippen MR) is 44.9 cm³/mol. The number of rotatable bonds is 1. The van der Waals surface area contributed by atoms with Crippen molar-refractivity contribution in [3.8, 4) is 0 Å². The summed E-state index contributed by atoms with van der Waals surface area (Å²) in [7, 11) is 0. The van der Waals surface area contributed by atoms with Gasteiger partial charge in [0.2, 0.25) is 0 Å². The lowest BCUT2D eigenvalue weighted by molar-refractivity contribution is 0.945. The second kappa shape index (κ2) is 3.99. The Kier molecular flexibility index (Phi) is 3.20. The van der Waals surface area contributed by atoms with Gasteiger partial charge in [0.05, 0.1) is 0 Å². The van der Waals surface area contributed by atoms with Gasteiger partial charge >= 0.3 is 0 Å². The summed E-state index contributed by atoms with van der Waals surface area (Å²) in [6, 6.07) is 0. The topological polar surface area (TPSA) is 0 Å². The minimum Gasteiger partial charge on any atom is -0.161 e. The fourth-order valence-electron chi connectivity index (χ4n) is 1.13. The summed E-state index contributed by atoms with van der Waals surface area (Å²) in [5.41, 5.74) is 1.69. The first-order chi connectivity index (χ1) is 4.43. The van der Waals surface area contributed by atoms with E-state index in [2.05, 4.69) is 24.8 Å². The molecule has 1 aliphatic rings. The number of allylic oxidation sites excluding steroid dienone is 2. The maximum atomic E-state index is 2.39. The van der Waals surface area contributed by atoms with Crippen LogP contribution in [0.15, 0.2) is 11.6 Å². The van der Waals surface area contributed by atoms with Crippen molar-refractivity contribution in [3.05, 3.63) is 11.6 Å². The van der Waals surface area contributed by atoms with Gasteiger partial charge in [-0.05, 0) is 30.8 Å². The molecule has 0 radical (unpaired) electrons. The highest BCUT2D eigenvalue weighted by molar-refractivity contribution is 7.99. The zero-order valence-electron chi connectivity index (χ0n) is 6.02. The molecule has 1 rings (SSSR count). The first-order valence-corrected chi connectivity index (χ1v) is 4.84. The van der Waals surface area contributed by atoms with Gasteiger partial charge in [-0.1, -0.05) is 18.6 Å². The van der Waals surface area contributed by atoms with E-state index in [4.69, 9.17) is 0 Å². The van der Waals surface area contributed by atoms with E-state index in [0.29, 0.717) is 0 Å². The lowest BCUT2D eigenvalue weighted by Crippen LogP contribution is -1.97. The van der Waals surface area contributed by atoms with Gasteiger partial charge in [0.1, 0.15) is 0 Å². The highest BCUT2D eigenvalue weighted by Crippen LogP contribution is 2.21. The van der Waals surface area contributed by atoms with Crippen LogP contribution in [0.4, 0.5) is 0 Å². The maximum Gasteiger partial charge on any atom is -0.00301 e. The van der Waals surface area contributed by atoms with Crippen molar-refractivity contribution in [2.24, 2.45) is 0 Å². The lowest BCUT2D eigenvalue weighted by Gasteiger charge is -2.12. The van der Waals surface area contributed by atoms with E-state index in [-0.39, 0.29) is 0 Å². The summed E-state index contributed by atoms with van der Waals surface area (Å²) >= 11 is 2.08. The van der Waals surface area contributed by atoms with Gasteiger partial charge in [0.25, 0.3) is 0 Å². The Bertz CT molecular complexity index is 97.1. The van der Waals surface area contributed by atoms with Crippen LogP contribution in [0.25, 0.3) is 0 Å². The van der Waals surface area contributed by atoms with Crippen LogP contribution in [0.1, 0.15) is 26.2 Å².